The molecule has 3 N–H and O–H groups in total. The SMILES string of the molecule is N[C@@H](Cc1ccc(C(F)(F)P)cc1)C(=O)O. The van der Waals surface area contributed by atoms with Gasteiger partial charge in [0.15, 0.2) is 0 Å². The summed E-state index contributed by atoms with van der Waals surface area (Å²) in [7, 11) is 1.44. The van der Waals surface area contributed by atoms with Crippen LogP contribution in [0.15, 0.2) is 24.3 Å². The average molecular weight is 247 g/mol. The Balaban J connectivity index is 2.76. The van der Waals surface area contributed by atoms with Crippen LogP contribution in [-0.2, 0) is 16.9 Å². The number of carboxylic acids is 1. The normalized spacial score (nSPS) is 13.5. The molecule has 3 nitrogen and oxygen atoms in total. The molecule has 0 spiro atoms. The van der Waals surface area contributed by atoms with E-state index in [9.17, 15) is 13.6 Å². The third-order valence-corrected chi connectivity index (χ3v) is 2.44. The van der Waals surface area contributed by atoms with Crippen LogP contribution in [0.5, 0.6) is 0 Å². The number of hydrogen-bond donors (Lipinski definition) is 2. The van der Waals surface area contributed by atoms with Crippen LogP contribution in [0, 0.1) is 0 Å². The molecule has 0 aromatic heterocycles. The number of alkyl halides is 2. The summed E-state index contributed by atoms with van der Waals surface area (Å²) in [5, 5.41) is 8.58. The second-order valence-electron chi connectivity index (χ2n) is 3.47. The maximum Gasteiger partial charge on any atom is 0.320 e. The molecule has 0 aliphatic heterocycles. The number of nitrogens with two attached hydrogens (primary N) is 1. The molecule has 2 atom stereocenters. The Kier molecular flexibility index (Phi) is 3.94. The Hall–Kier alpha value is -1.06. The molecule has 0 heterocycles. The Morgan fingerprint density at radius 2 is 1.94 bits per heavy atom. The van der Waals surface area contributed by atoms with Gasteiger partial charge in [0.2, 0.25) is 0 Å². The Morgan fingerprint density at radius 3 is 2.31 bits per heavy atom. The molecule has 0 radical (unpaired) electrons. The maximum atomic E-state index is 12.8. The highest BCUT2D eigenvalue weighted by atomic mass is 31.0. The summed E-state index contributed by atoms with van der Waals surface area (Å²) in [6.07, 6.45) is 0.123. The van der Waals surface area contributed by atoms with Gasteiger partial charge in [-0.3, -0.25) is 4.79 Å². The highest BCUT2D eigenvalue weighted by Crippen LogP contribution is 2.34. The van der Waals surface area contributed by atoms with Gasteiger partial charge in [-0.05, 0) is 12.0 Å². The Morgan fingerprint density at radius 1 is 1.44 bits per heavy atom. The minimum Gasteiger partial charge on any atom is -0.480 e. The van der Waals surface area contributed by atoms with Crippen LogP contribution in [0.25, 0.3) is 0 Å². The lowest BCUT2D eigenvalue weighted by Gasteiger charge is -2.11. The number of halogens is 2. The van der Waals surface area contributed by atoms with Crippen molar-refractivity contribution in [1.82, 2.24) is 0 Å². The largest absolute Gasteiger partial charge is 0.480 e. The minimum atomic E-state index is -2.96. The van der Waals surface area contributed by atoms with E-state index in [0.29, 0.717) is 5.56 Å². The molecule has 0 saturated carbocycles. The predicted octanol–water partition coefficient (Wildman–Crippen LogP) is 1.57. The van der Waals surface area contributed by atoms with E-state index in [0.717, 1.165) is 0 Å². The lowest BCUT2D eigenvalue weighted by molar-refractivity contribution is -0.138. The first-order chi connectivity index (χ1) is 7.30. The van der Waals surface area contributed by atoms with Crippen molar-refractivity contribution < 1.29 is 18.7 Å². The fraction of sp³-hybridized carbons (Fsp3) is 0.300. The molecule has 0 bridgehead atoms. The molecule has 1 aromatic carbocycles. The highest BCUT2D eigenvalue weighted by Gasteiger charge is 2.24. The first-order valence-electron chi connectivity index (χ1n) is 4.55. The lowest BCUT2D eigenvalue weighted by Crippen LogP contribution is -2.32. The zero-order chi connectivity index (χ0) is 12.3. The molecule has 1 rings (SSSR count). The minimum absolute atomic E-state index is 0.123. The Bertz CT molecular complexity index is 375. The van der Waals surface area contributed by atoms with Crippen molar-refractivity contribution in [2.75, 3.05) is 0 Å². The summed E-state index contributed by atoms with van der Waals surface area (Å²) in [6, 6.07) is 4.42. The lowest BCUT2D eigenvalue weighted by atomic mass is 10.0. The van der Waals surface area contributed by atoms with Crippen LogP contribution in [-0.4, -0.2) is 17.1 Å². The van der Waals surface area contributed by atoms with Crippen LogP contribution in [0.1, 0.15) is 11.1 Å². The smallest absolute Gasteiger partial charge is 0.320 e. The molecule has 0 aliphatic rings. The summed E-state index contributed by atoms with van der Waals surface area (Å²) < 4.78 is 25.6. The molecule has 88 valence electrons. The molecule has 0 amide bonds. The van der Waals surface area contributed by atoms with Crippen LogP contribution in [0.2, 0.25) is 0 Å². The average Bonchev–Trinajstić information content (AvgIpc) is 2.17. The summed E-state index contributed by atoms with van der Waals surface area (Å²) in [4.78, 5) is 10.5. The number of carboxylic acid groups (broad SMARTS) is 1. The van der Waals surface area contributed by atoms with Crippen molar-refractivity contribution in [3.63, 3.8) is 0 Å². The summed E-state index contributed by atoms with van der Waals surface area (Å²) in [6.45, 7) is 0. The van der Waals surface area contributed by atoms with Gasteiger partial charge in [-0.15, -0.1) is 0 Å². The fourth-order valence-corrected chi connectivity index (χ4v) is 1.40. The van der Waals surface area contributed by atoms with Crippen molar-refractivity contribution >= 4 is 15.2 Å². The standard InChI is InChI=1S/C10H12F2NO2P/c11-10(12,16)7-3-1-6(2-4-7)5-8(13)9(14)15/h1-4,8H,5,13,16H2,(H,14,15)/t8-/m0/s1. The molecule has 1 unspecified atom stereocenters. The first-order valence-corrected chi connectivity index (χ1v) is 5.13. The van der Waals surface area contributed by atoms with Crippen molar-refractivity contribution in [2.45, 2.75) is 18.1 Å². The van der Waals surface area contributed by atoms with E-state index in [-0.39, 0.29) is 12.0 Å². The van der Waals surface area contributed by atoms with Gasteiger partial charge in [-0.25, -0.2) is 0 Å². The van der Waals surface area contributed by atoms with E-state index in [2.05, 4.69) is 0 Å². The van der Waals surface area contributed by atoms with E-state index in [4.69, 9.17) is 10.8 Å². The van der Waals surface area contributed by atoms with Crippen LogP contribution < -0.4 is 5.73 Å². The quantitative estimate of drug-likeness (QED) is 0.794. The second kappa shape index (κ2) is 4.85. The molecule has 0 aliphatic carbocycles. The van der Waals surface area contributed by atoms with Gasteiger partial charge in [0.25, 0.3) is 5.66 Å². The van der Waals surface area contributed by atoms with Crippen LogP contribution >= 0.6 is 9.24 Å². The zero-order valence-corrected chi connectivity index (χ0v) is 9.51. The summed E-state index contributed by atoms with van der Waals surface area (Å²) >= 11 is 0. The van der Waals surface area contributed by atoms with Crippen molar-refractivity contribution in [3.8, 4) is 0 Å². The number of hydrogen-bond acceptors (Lipinski definition) is 2. The monoisotopic (exact) mass is 247 g/mol. The molecule has 1 aromatic rings. The van der Waals surface area contributed by atoms with Crippen LogP contribution in [0.4, 0.5) is 8.78 Å². The number of benzene rings is 1. The van der Waals surface area contributed by atoms with Crippen molar-refractivity contribution in [1.29, 1.82) is 0 Å². The van der Waals surface area contributed by atoms with E-state index in [1.165, 1.54) is 33.5 Å². The van der Waals surface area contributed by atoms with E-state index < -0.39 is 17.7 Å². The highest BCUT2D eigenvalue weighted by molar-refractivity contribution is 7.17. The molecular weight excluding hydrogens is 235 g/mol. The van der Waals surface area contributed by atoms with Gasteiger partial charge < -0.3 is 10.8 Å². The van der Waals surface area contributed by atoms with Gasteiger partial charge >= 0.3 is 5.97 Å². The second-order valence-corrected chi connectivity index (χ2v) is 4.19. The zero-order valence-electron chi connectivity index (χ0n) is 8.36. The van der Waals surface area contributed by atoms with E-state index in [1.807, 2.05) is 0 Å². The molecule has 0 fully saturated rings. The van der Waals surface area contributed by atoms with Gasteiger partial charge in [0.05, 0.1) is 0 Å². The number of aliphatic carboxylic acids is 1. The number of carbonyl (C=O) groups is 1. The van der Waals surface area contributed by atoms with Crippen LogP contribution in [0.3, 0.4) is 0 Å². The molecular formula is C10H12F2NO2P. The summed E-state index contributed by atoms with van der Waals surface area (Å²) in [5.41, 5.74) is 2.84. The third-order valence-electron chi connectivity index (χ3n) is 2.11. The maximum absolute atomic E-state index is 12.8. The van der Waals surface area contributed by atoms with E-state index >= 15 is 0 Å². The van der Waals surface area contributed by atoms with E-state index in [1.54, 1.807) is 0 Å². The van der Waals surface area contributed by atoms with Gasteiger partial charge in [0, 0.05) is 5.56 Å². The third kappa shape index (κ3) is 3.51. The Labute approximate surface area is 93.8 Å². The van der Waals surface area contributed by atoms with Gasteiger partial charge in [0.1, 0.15) is 6.04 Å². The van der Waals surface area contributed by atoms with Crippen molar-refractivity contribution in [2.24, 2.45) is 5.73 Å². The molecule has 16 heavy (non-hydrogen) atoms. The number of rotatable bonds is 4. The molecule has 6 heteroatoms. The topological polar surface area (TPSA) is 63.3 Å². The summed E-state index contributed by atoms with van der Waals surface area (Å²) in [5.74, 6) is -1.11. The van der Waals surface area contributed by atoms with Gasteiger partial charge in [-0.2, -0.15) is 8.78 Å². The molecule has 0 saturated heterocycles. The van der Waals surface area contributed by atoms with Crippen molar-refractivity contribution in [3.05, 3.63) is 35.4 Å². The predicted molar refractivity (Wildman–Crippen MR) is 59.4 cm³/mol. The van der Waals surface area contributed by atoms with Gasteiger partial charge in [-0.1, -0.05) is 33.5 Å². The first kappa shape index (κ1) is 13.0. The fourth-order valence-electron chi connectivity index (χ4n) is 1.20.